The van der Waals surface area contributed by atoms with E-state index in [9.17, 15) is 13.2 Å². The molecule has 0 radical (unpaired) electrons. The second kappa shape index (κ2) is 7.61. The minimum Gasteiger partial charge on any atom is -0.495 e. The van der Waals surface area contributed by atoms with E-state index in [4.69, 9.17) is 15.0 Å². The molecule has 0 spiro atoms. The largest absolute Gasteiger partial charge is 0.495 e. The summed E-state index contributed by atoms with van der Waals surface area (Å²) in [5.41, 5.74) is 6.57. The standard InChI is InChI=1S/C12H14N4O2.CH4O3S/c1-14-12(13)16-11(17)8-6-7-4-3-5-9(18-2)10(7)15-8;1-5(2,3)4/h3-6,15H,1-2H3,(H3,13,14,16,17);1H3,(H,2,3,4). The van der Waals surface area contributed by atoms with E-state index in [1.165, 1.54) is 0 Å². The fourth-order valence-corrected chi connectivity index (χ4v) is 1.64. The Morgan fingerprint density at radius 2 is 2.04 bits per heavy atom. The maximum atomic E-state index is 11.8. The lowest BCUT2D eigenvalue weighted by Gasteiger charge is -1.99. The van der Waals surface area contributed by atoms with Crippen molar-refractivity contribution in [2.45, 2.75) is 0 Å². The summed E-state index contributed by atoms with van der Waals surface area (Å²) >= 11 is 0. The van der Waals surface area contributed by atoms with E-state index in [1.54, 1.807) is 20.2 Å². The second-order valence-corrected chi connectivity index (χ2v) is 5.86. The third-order valence-corrected chi connectivity index (χ3v) is 2.55. The Hall–Kier alpha value is -2.59. The average Bonchev–Trinajstić information content (AvgIpc) is 2.89. The number of amides is 1. The number of guanidine groups is 1. The average molecular weight is 342 g/mol. The number of aliphatic imine (C=N–C) groups is 1. The number of carbonyl (C=O) groups excluding carboxylic acids is 1. The van der Waals surface area contributed by atoms with Gasteiger partial charge in [0, 0.05) is 12.4 Å². The third kappa shape index (κ3) is 5.96. The molecule has 0 aliphatic carbocycles. The number of hydrogen-bond donors (Lipinski definition) is 4. The number of rotatable bonds is 2. The van der Waals surface area contributed by atoms with Gasteiger partial charge in [-0.25, -0.2) is 0 Å². The van der Waals surface area contributed by atoms with E-state index in [0.29, 0.717) is 17.7 Å². The molecule has 1 aromatic carbocycles. The Morgan fingerprint density at radius 3 is 2.57 bits per heavy atom. The van der Waals surface area contributed by atoms with Gasteiger partial charge in [-0.15, -0.1) is 0 Å². The Balaban J connectivity index is 0.000000463. The Bertz CT molecular complexity index is 818. The number of nitrogens with zero attached hydrogens (tertiary/aromatic N) is 1. The van der Waals surface area contributed by atoms with Gasteiger partial charge in [-0.3, -0.25) is 9.35 Å². The highest BCUT2D eigenvalue weighted by Gasteiger charge is 2.11. The van der Waals surface area contributed by atoms with Gasteiger partial charge in [0.25, 0.3) is 16.0 Å². The van der Waals surface area contributed by atoms with Crippen LogP contribution < -0.4 is 15.8 Å². The lowest BCUT2D eigenvalue weighted by Crippen LogP contribution is -2.28. The minimum absolute atomic E-state index is 0.0746. The van der Waals surface area contributed by atoms with Crippen LogP contribution in [0.3, 0.4) is 0 Å². The SMILES string of the molecule is CNC(N)=NC(=O)c1cc2cccc(OC)c2[nH]1.CS(=O)(=O)O. The van der Waals surface area contributed by atoms with E-state index in [-0.39, 0.29) is 5.96 Å². The number of para-hydroxylation sites is 1. The van der Waals surface area contributed by atoms with Crippen molar-refractivity contribution in [3.8, 4) is 5.75 Å². The van der Waals surface area contributed by atoms with Crippen molar-refractivity contribution in [2.75, 3.05) is 20.4 Å². The predicted octanol–water partition coefficient (Wildman–Crippen LogP) is 0.355. The number of nitrogens with two attached hydrogens (primary N) is 1. The Labute approximate surface area is 133 Å². The molecule has 2 aromatic rings. The number of ether oxygens (including phenoxy) is 1. The van der Waals surface area contributed by atoms with E-state index in [0.717, 1.165) is 10.9 Å². The van der Waals surface area contributed by atoms with Gasteiger partial charge >= 0.3 is 0 Å². The molecule has 0 bridgehead atoms. The maximum absolute atomic E-state index is 11.8. The molecule has 10 heteroatoms. The molecule has 5 N–H and O–H groups in total. The first-order valence-electron chi connectivity index (χ1n) is 6.30. The summed E-state index contributed by atoms with van der Waals surface area (Å²) in [5, 5.41) is 3.48. The molecule has 23 heavy (non-hydrogen) atoms. The van der Waals surface area contributed by atoms with Crippen LogP contribution in [-0.2, 0) is 10.1 Å². The van der Waals surface area contributed by atoms with E-state index in [1.807, 2.05) is 18.2 Å². The summed E-state index contributed by atoms with van der Waals surface area (Å²) in [6, 6.07) is 7.27. The lowest BCUT2D eigenvalue weighted by atomic mass is 10.2. The van der Waals surface area contributed by atoms with Crippen molar-refractivity contribution in [2.24, 2.45) is 10.7 Å². The smallest absolute Gasteiger partial charge is 0.296 e. The molecule has 0 atom stereocenters. The van der Waals surface area contributed by atoms with Gasteiger partial charge in [0.05, 0.1) is 18.9 Å². The first kappa shape index (κ1) is 18.5. The Morgan fingerprint density at radius 1 is 1.43 bits per heavy atom. The molecule has 1 aromatic heterocycles. The first-order valence-corrected chi connectivity index (χ1v) is 8.15. The van der Waals surface area contributed by atoms with Crippen molar-refractivity contribution in [1.29, 1.82) is 0 Å². The van der Waals surface area contributed by atoms with E-state index in [2.05, 4.69) is 15.3 Å². The molecule has 0 saturated heterocycles. The van der Waals surface area contributed by atoms with Crippen LogP contribution in [0.25, 0.3) is 10.9 Å². The lowest BCUT2D eigenvalue weighted by molar-refractivity contribution is 0.0998. The van der Waals surface area contributed by atoms with Gasteiger partial charge in [-0.05, 0) is 12.1 Å². The molecule has 1 heterocycles. The normalized spacial score (nSPS) is 11.6. The summed E-state index contributed by atoms with van der Waals surface area (Å²) in [6.45, 7) is 0. The quantitative estimate of drug-likeness (QED) is 0.350. The zero-order chi connectivity index (χ0) is 17.6. The van der Waals surface area contributed by atoms with Crippen molar-refractivity contribution in [1.82, 2.24) is 10.3 Å². The number of aromatic amines is 1. The van der Waals surface area contributed by atoms with Gasteiger partial charge in [-0.1, -0.05) is 12.1 Å². The molecule has 0 saturated carbocycles. The second-order valence-electron chi connectivity index (χ2n) is 4.39. The molecular weight excluding hydrogens is 324 g/mol. The molecule has 1 amide bonds. The summed E-state index contributed by atoms with van der Waals surface area (Å²) in [7, 11) is -0.491. The van der Waals surface area contributed by atoms with Crippen LogP contribution in [0.5, 0.6) is 5.75 Å². The number of fused-ring (bicyclic) bond motifs is 1. The van der Waals surface area contributed by atoms with Crippen molar-refractivity contribution in [3.63, 3.8) is 0 Å². The summed E-state index contributed by atoms with van der Waals surface area (Å²) in [4.78, 5) is 18.5. The van der Waals surface area contributed by atoms with Gasteiger partial charge < -0.3 is 20.8 Å². The summed E-state index contributed by atoms with van der Waals surface area (Å²) in [6.07, 6.45) is 0.715. The van der Waals surface area contributed by atoms with Crippen molar-refractivity contribution in [3.05, 3.63) is 30.0 Å². The zero-order valence-electron chi connectivity index (χ0n) is 12.8. The van der Waals surface area contributed by atoms with Crippen LogP contribution in [0, 0.1) is 0 Å². The van der Waals surface area contributed by atoms with Crippen LogP contribution >= 0.6 is 0 Å². The molecule has 0 fully saturated rings. The van der Waals surface area contributed by atoms with Crippen molar-refractivity contribution >= 4 is 32.9 Å². The Kier molecular flexibility index (Phi) is 6.10. The molecule has 9 nitrogen and oxygen atoms in total. The number of methoxy groups -OCH3 is 1. The first-order chi connectivity index (χ1) is 10.7. The van der Waals surface area contributed by atoms with Crippen LogP contribution in [0.15, 0.2) is 29.3 Å². The molecular formula is C13H18N4O5S. The highest BCUT2D eigenvalue weighted by Crippen LogP contribution is 2.25. The number of nitrogens with one attached hydrogen (secondary N) is 2. The fourth-order valence-electron chi connectivity index (χ4n) is 1.64. The topological polar surface area (TPSA) is 147 Å². The van der Waals surface area contributed by atoms with Crippen molar-refractivity contribution < 1.29 is 22.5 Å². The van der Waals surface area contributed by atoms with Gasteiger partial charge in [0.2, 0.25) is 0 Å². The van der Waals surface area contributed by atoms with Crippen LogP contribution in [-0.4, -0.2) is 50.2 Å². The summed E-state index contributed by atoms with van der Waals surface area (Å²) < 4.78 is 31.1. The van der Waals surface area contributed by atoms with Gasteiger partial charge in [-0.2, -0.15) is 13.4 Å². The van der Waals surface area contributed by atoms with Crippen LogP contribution in [0.4, 0.5) is 0 Å². The van der Waals surface area contributed by atoms with Crippen LogP contribution in [0.1, 0.15) is 10.5 Å². The highest BCUT2D eigenvalue weighted by atomic mass is 32.2. The number of aromatic nitrogens is 1. The molecule has 0 aliphatic heterocycles. The van der Waals surface area contributed by atoms with E-state index >= 15 is 0 Å². The third-order valence-electron chi connectivity index (χ3n) is 2.55. The van der Waals surface area contributed by atoms with E-state index < -0.39 is 16.0 Å². The number of H-pyrrole nitrogens is 1. The number of hydrogen-bond acceptors (Lipinski definition) is 4. The summed E-state index contributed by atoms with van der Waals surface area (Å²) in [5.74, 6) is 0.322. The zero-order valence-corrected chi connectivity index (χ0v) is 13.6. The number of benzene rings is 1. The maximum Gasteiger partial charge on any atom is 0.296 e. The van der Waals surface area contributed by atoms with Gasteiger partial charge in [0.1, 0.15) is 11.4 Å². The monoisotopic (exact) mass is 342 g/mol. The molecule has 126 valence electrons. The number of carbonyl (C=O) groups is 1. The molecule has 0 unspecified atom stereocenters. The fraction of sp³-hybridized carbons (Fsp3) is 0.231. The predicted molar refractivity (Wildman–Crippen MR) is 87.3 cm³/mol. The minimum atomic E-state index is -3.67. The highest BCUT2D eigenvalue weighted by molar-refractivity contribution is 7.85. The molecule has 2 rings (SSSR count). The van der Waals surface area contributed by atoms with Crippen LogP contribution in [0.2, 0.25) is 0 Å². The van der Waals surface area contributed by atoms with Gasteiger partial charge in [0.15, 0.2) is 5.96 Å². The molecule has 0 aliphatic rings.